The molecule has 2 aromatic carbocycles. The Morgan fingerprint density at radius 3 is 2.56 bits per heavy atom. The van der Waals surface area contributed by atoms with Crippen LogP contribution in [0.5, 0.6) is 17.2 Å². The summed E-state index contributed by atoms with van der Waals surface area (Å²) in [5.41, 5.74) is 0.787. The van der Waals surface area contributed by atoms with E-state index in [0.29, 0.717) is 18.0 Å². The number of benzene rings is 2. The SMILES string of the molecule is CN(Cc1ccc(OC(F)F)cc1)C(=O)[C@H]1COc2ccccc2O1. The van der Waals surface area contributed by atoms with Crippen LogP contribution in [0.25, 0.3) is 0 Å². The second-order valence-corrected chi connectivity index (χ2v) is 5.58. The van der Waals surface area contributed by atoms with Crippen LogP contribution >= 0.6 is 0 Å². The third-order valence-corrected chi connectivity index (χ3v) is 3.73. The van der Waals surface area contributed by atoms with E-state index >= 15 is 0 Å². The Labute approximate surface area is 143 Å². The number of carbonyl (C=O) groups is 1. The molecule has 1 aliphatic heterocycles. The number of rotatable bonds is 5. The summed E-state index contributed by atoms with van der Waals surface area (Å²) >= 11 is 0. The van der Waals surface area contributed by atoms with E-state index in [2.05, 4.69) is 4.74 Å². The van der Waals surface area contributed by atoms with Crippen LogP contribution in [0.2, 0.25) is 0 Å². The highest BCUT2D eigenvalue weighted by Gasteiger charge is 2.29. The van der Waals surface area contributed by atoms with E-state index in [1.54, 1.807) is 31.3 Å². The van der Waals surface area contributed by atoms with Gasteiger partial charge in [-0.15, -0.1) is 0 Å². The Hall–Kier alpha value is -2.83. The zero-order valence-corrected chi connectivity index (χ0v) is 13.5. The van der Waals surface area contributed by atoms with Gasteiger partial charge in [0.15, 0.2) is 11.5 Å². The van der Waals surface area contributed by atoms with Crippen molar-refractivity contribution < 1.29 is 27.8 Å². The van der Waals surface area contributed by atoms with Gasteiger partial charge in [-0.25, -0.2) is 0 Å². The van der Waals surface area contributed by atoms with Crippen molar-refractivity contribution in [3.05, 3.63) is 54.1 Å². The monoisotopic (exact) mass is 349 g/mol. The van der Waals surface area contributed by atoms with Crippen molar-refractivity contribution in [2.24, 2.45) is 0 Å². The van der Waals surface area contributed by atoms with Crippen molar-refractivity contribution in [1.29, 1.82) is 0 Å². The van der Waals surface area contributed by atoms with Gasteiger partial charge in [0.2, 0.25) is 6.10 Å². The predicted molar refractivity (Wildman–Crippen MR) is 85.9 cm³/mol. The number of hydrogen-bond donors (Lipinski definition) is 0. The first-order chi connectivity index (χ1) is 12.0. The summed E-state index contributed by atoms with van der Waals surface area (Å²) in [6, 6.07) is 13.3. The summed E-state index contributed by atoms with van der Waals surface area (Å²) in [5, 5.41) is 0. The highest BCUT2D eigenvalue weighted by atomic mass is 19.3. The number of amides is 1. The lowest BCUT2D eigenvalue weighted by Gasteiger charge is -2.28. The van der Waals surface area contributed by atoms with E-state index < -0.39 is 12.7 Å². The maximum absolute atomic E-state index is 12.5. The predicted octanol–water partition coefficient (Wildman–Crippen LogP) is 3.09. The van der Waals surface area contributed by atoms with Gasteiger partial charge in [-0.2, -0.15) is 8.78 Å². The van der Waals surface area contributed by atoms with Crippen molar-refractivity contribution in [3.8, 4) is 17.2 Å². The summed E-state index contributed by atoms with van der Waals surface area (Å²) in [7, 11) is 1.65. The lowest BCUT2D eigenvalue weighted by Crippen LogP contribution is -2.44. The lowest BCUT2D eigenvalue weighted by atomic mass is 10.2. The number of halogens is 2. The standard InChI is InChI=1S/C18H17F2NO4/c1-21(10-12-6-8-13(9-7-12)24-18(19)20)17(22)16-11-23-14-4-2-3-5-15(14)25-16/h2-9,16,18H,10-11H2,1H3/t16-/m1/s1. The van der Waals surface area contributed by atoms with Gasteiger partial charge in [-0.3, -0.25) is 4.79 Å². The smallest absolute Gasteiger partial charge is 0.387 e. The molecule has 1 atom stereocenters. The van der Waals surface area contributed by atoms with Gasteiger partial charge in [0.05, 0.1) is 0 Å². The van der Waals surface area contributed by atoms with Crippen molar-refractivity contribution in [3.63, 3.8) is 0 Å². The molecule has 0 fully saturated rings. The molecule has 1 aliphatic rings. The topological polar surface area (TPSA) is 48.0 Å². The first-order valence-electron chi connectivity index (χ1n) is 7.70. The zero-order chi connectivity index (χ0) is 17.8. The molecule has 5 nitrogen and oxygen atoms in total. The molecule has 25 heavy (non-hydrogen) atoms. The number of carbonyl (C=O) groups excluding carboxylic acids is 1. The molecular formula is C18H17F2NO4. The first-order valence-corrected chi connectivity index (χ1v) is 7.70. The second-order valence-electron chi connectivity index (χ2n) is 5.58. The fourth-order valence-electron chi connectivity index (χ4n) is 2.52. The van der Waals surface area contributed by atoms with Crippen molar-refractivity contribution in [1.82, 2.24) is 4.90 Å². The Morgan fingerprint density at radius 2 is 1.88 bits per heavy atom. The van der Waals surface area contributed by atoms with Crippen LogP contribution in [0.15, 0.2) is 48.5 Å². The van der Waals surface area contributed by atoms with E-state index in [9.17, 15) is 13.6 Å². The van der Waals surface area contributed by atoms with Gasteiger partial charge in [0.1, 0.15) is 12.4 Å². The van der Waals surface area contributed by atoms with E-state index in [-0.39, 0.29) is 18.3 Å². The van der Waals surface area contributed by atoms with Gasteiger partial charge < -0.3 is 19.1 Å². The maximum atomic E-state index is 12.5. The molecule has 7 heteroatoms. The van der Waals surface area contributed by atoms with Crippen LogP contribution in [0.4, 0.5) is 8.78 Å². The number of para-hydroxylation sites is 2. The normalized spacial score (nSPS) is 15.8. The van der Waals surface area contributed by atoms with E-state index in [4.69, 9.17) is 9.47 Å². The van der Waals surface area contributed by atoms with Gasteiger partial charge in [0, 0.05) is 13.6 Å². The Kier molecular flexibility index (Phi) is 5.02. The minimum absolute atomic E-state index is 0.0772. The van der Waals surface area contributed by atoms with Crippen molar-refractivity contribution in [2.45, 2.75) is 19.3 Å². The van der Waals surface area contributed by atoms with Crippen molar-refractivity contribution in [2.75, 3.05) is 13.7 Å². The summed E-state index contributed by atoms with van der Waals surface area (Å²) < 4.78 is 39.8. The maximum Gasteiger partial charge on any atom is 0.387 e. The number of nitrogens with zero attached hydrogens (tertiary/aromatic N) is 1. The molecule has 0 radical (unpaired) electrons. The minimum atomic E-state index is -2.86. The molecule has 0 spiro atoms. The van der Waals surface area contributed by atoms with Gasteiger partial charge in [0.25, 0.3) is 5.91 Å². The van der Waals surface area contributed by atoms with E-state index in [1.807, 2.05) is 12.1 Å². The third kappa shape index (κ3) is 4.17. The van der Waals surface area contributed by atoms with Gasteiger partial charge >= 0.3 is 6.61 Å². The summed E-state index contributed by atoms with van der Waals surface area (Å²) in [4.78, 5) is 14.0. The molecule has 0 unspecified atom stereocenters. The lowest BCUT2D eigenvalue weighted by molar-refractivity contribution is -0.140. The molecule has 2 aromatic rings. The number of alkyl halides is 2. The summed E-state index contributed by atoms with van der Waals surface area (Å²) in [6.07, 6.45) is -0.721. The fourth-order valence-corrected chi connectivity index (χ4v) is 2.52. The second kappa shape index (κ2) is 7.38. The highest BCUT2D eigenvalue weighted by Crippen LogP contribution is 2.31. The summed E-state index contributed by atoms with van der Waals surface area (Å²) in [5.74, 6) is 1.01. The largest absolute Gasteiger partial charge is 0.485 e. The average Bonchev–Trinajstić information content (AvgIpc) is 2.62. The van der Waals surface area contributed by atoms with E-state index in [0.717, 1.165) is 5.56 Å². The molecule has 1 amide bonds. The third-order valence-electron chi connectivity index (χ3n) is 3.73. The number of likely N-dealkylation sites (N-methyl/N-ethyl adjacent to an activating group) is 1. The molecule has 0 saturated heterocycles. The minimum Gasteiger partial charge on any atom is -0.485 e. The Bertz CT molecular complexity index is 736. The molecular weight excluding hydrogens is 332 g/mol. The molecule has 0 saturated carbocycles. The average molecular weight is 349 g/mol. The Balaban J connectivity index is 1.59. The van der Waals surface area contributed by atoms with Crippen LogP contribution in [-0.2, 0) is 11.3 Å². The fraction of sp³-hybridized carbons (Fsp3) is 0.278. The number of ether oxygens (including phenoxy) is 3. The molecule has 0 aliphatic carbocycles. The highest BCUT2D eigenvalue weighted by molar-refractivity contribution is 5.81. The Morgan fingerprint density at radius 1 is 1.20 bits per heavy atom. The molecule has 3 rings (SSSR count). The van der Waals surface area contributed by atoms with Crippen LogP contribution in [0.1, 0.15) is 5.56 Å². The van der Waals surface area contributed by atoms with Crippen LogP contribution in [0.3, 0.4) is 0 Å². The quantitative estimate of drug-likeness (QED) is 0.832. The number of hydrogen-bond acceptors (Lipinski definition) is 4. The van der Waals surface area contributed by atoms with Gasteiger partial charge in [-0.1, -0.05) is 24.3 Å². The van der Waals surface area contributed by atoms with Gasteiger partial charge in [-0.05, 0) is 29.8 Å². The molecule has 1 heterocycles. The van der Waals surface area contributed by atoms with Crippen LogP contribution < -0.4 is 14.2 Å². The van der Waals surface area contributed by atoms with Crippen molar-refractivity contribution >= 4 is 5.91 Å². The molecule has 0 bridgehead atoms. The van der Waals surface area contributed by atoms with Crippen LogP contribution in [-0.4, -0.2) is 37.2 Å². The zero-order valence-electron chi connectivity index (χ0n) is 13.5. The van der Waals surface area contributed by atoms with E-state index in [1.165, 1.54) is 17.0 Å². The summed E-state index contributed by atoms with van der Waals surface area (Å²) in [6.45, 7) is -2.40. The first kappa shape index (κ1) is 17.0. The molecule has 132 valence electrons. The van der Waals surface area contributed by atoms with Crippen LogP contribution in [0, 0.1) is 0 Å². The molecule has 0 N–H and O–H groups in total. The molecule has 0 aromatic heterocycles. The number of fused-ring (bicyclic) bond motifs is 1.